The average molecular weight is 275 g/mol. The number of benzene rings is 1. The van der Waals surface area contributed by atoms with Gasteiger partial charge < -0.3 is 19.2 Å². The van der Waals surface area contributed by atoms with Crippen LogP contribution in [0.3, 0.4) is 0 Å². The van der Waals surface area contributed by atoms with Crippen LogP contribution in [0.2, 0.25) is 0 Å². The highest BCUT2D eigenvalue weighted by molar-refractivity contribution is 5.58. The van der Waals surface area contributed by atoms with E-state index in [-0.39, 0.29) is 6.04 Å². The predicted molar refractivity (Wildman–Crippen MR) is 73.1 cm³/mol. The van der Waals surface area contributed by atoms with Gasteiger partial charge in [-0.2, -0.15) is 0 Å². The zero-order chi connectivity index (χ0) is 14.0. The van der Waals surface area contributed by atoms with Gasteiger partial charge in [0.1, 0.15) is 0 Å². The van der Waals surface area contributed by atoms with Crippen molar-refractivity contribution in [3.8, 4) is 11.5 Å². The maximum Gasteiger partial charge on any atom is 0.247 e. The molecule has 2 aromatic rings. The number of rotatable bonds is 3. The molecule has 1 fully saturated rings. The van der Waals surface area contributed by atoms with Gasteiger partial charge in [0, 0.05) is 11.3 Å². The molecule has 106 valence electrons. The fraction of sp³-hybridized carbons (Fsp3) is 0.429. The molecule has 1 saturated heterocycles. The summed E-state index contributed by atoms with van der Waals surface area (Å²) < 4.78 is 16.4. The lowest BCUT2D eigenvalue weighted by Gasteiger charge is -2.35. The summed E-state index contributed by atoms with van der Waals surface area (Å²) in [5, 5.41) is 10.9. The summed E-state index contributed by atoms with van der Waals surface area (Å²) in [6.45, 7) is 5.08. The molecule has 20 heavy (non-hydrogen) atoms. The van der Waals surface area contributed by atoms with Crippen LogP contribution in [-0.2, 0) is 9.47 Å². The van der Waals surface area contributed by atoms with Gasteiger partial charge in [-0.1, -0.05) is 0 Å². The number of hydrogen-bond acceptors (Lipinski definition) is 6. The number of nitrogens with zero attached hydrogens (tertiary/aromatic N) is 2. The zero-order valence-corrected chi connectivity index (χ0v) is 11.5. The summed E-state index contributed by atoms with van der Waals surface area (Å²) in [5.74, 6) is 0.0302. The van der Waals surface area contributed by atoms with Crippen molar-refractivity contribution < 1.29 is 13.9 Å². The lowest BCUT2D eigenvalue weighted by atomic mass is 10.2. The van der Waals surface area contributed by atoms with Crippen molar-refractivity contribution in [2.45, 2.75) is 25.7 Å². The van der Waals surface area contributed by atoms with E-state index in [0.717, 1.165) is 11.3 Å². The van der Waals surface area contributed by atoms with E-state index in [1.165, 1.54) is 6.39 Å². The Labute approximate surface area is 117 Å². The third-order valence-electron chi connectivity index (χ3n) is 3.13. The third-order valence-corrected chi connectivity index (χ3v) is 3.13. The van der Waals surface area contributed by atoms with Crippen molar-refractivity contribution in [1.29, 1.82) is 0 Å². The second-order valence-corrected chi connectivity index (χ2v) is 5.18. The smallest absolute Gasteiger partial charge is 0.247 e. The first kappa shape index (κ1) is 13.1. The molecular formula is C14H17N3O3. The average Bonchev–Trinajstić information content (AvgIpc) is 2.96. The minimum absolute atomic E-state index is 0.150. The van der Waals surface area contributed by atoms with Gasteiger partial charge in [0.15, 0.2) is 5.79 Å². The van der Waals surface area contributed by atoms with Crippen LogP contribution in [0.1, 0.15) is 13.8 Å². The quantitative estimate of drug-likeness (QED) is 0.927. The number of anilines is 1. The van der Waals surface area contributed by atoms with Gasteiger partial charge in [0.05, 0.1) is 19.3 Å². The summed E-state index contributed by atoms with van der Waals surface area (Å²) in [4.78, 5) is 0. The minimum Gasteiger partial charge on any atom is -0.423 e. The first-order chi connectivity index (χ1) is 9.62. The molecule has 3 rings (SSSR count). The molecule has 1 aromatic heterocycles. The Kier molecular flexibility index (Phi) is 3.42. The van der Waals surface area contributed by atoms with Crippen LogP contribution in [0.5, 0.6) is 0 Å². The number of hydrogen-bond donors (Lipinski definition) is 1. The third kappa shape index (κ3) is 2.97. The van der Waals surface area contributed by atoms with Crippen molar-refractivity contribution in [2.75, 3.05) is 18.5 Å². The predicted octanol–water partition coefficient (Wildman–Crippen LogP) is 2.30. The molecule has 1 aliphatic rings. The van der Waals surface area contributed by atoms with E-state index in [4.69, 9.17) is 13.9 Å². The first-order valence-corrected chi connectivity index (χ1v) is 6.53. The van der Waals surface area contributed by atoms with Crippen molar-refractivity contribution in [3.63, 3.8) is 0 Å². The molecule has 0 radical (unpaired) electrons. The van der Waals surface area contributed by atoms with E-state index in [9.17, 15) is 0 Å². The molecule has 6 heteroatoms. The van der Waals surface area contributed by atoms with Crippen LogP contribution < -0.4 is 5.32 Å². The first-order valence-electron chi connectivity index (χ1n) is 6.53. The molecule has 2 heterocycles. The summed E-state index contributed by atoms with van der Waals surface area (Å²) in [6.07, 6.45) is 1.32. The molecule has 1 aliphatic heterocycles. The fourth-order valence-electron chi connectivity index (χ4n) is 2.02. The molecule has 0 saturated carbocycles. The van der Waals surface area contributed by atoms with Gasteiger partial charge in [-0.25, -0.2) is 0 Å². The standard InChI is InChI=1S/C14H17N3O3/c1-14(2)19-7-12(8-20-14)16-11-5-3-10(4-6-11)13-17-15-9-18-13/h3-6,9,12,16H,7-8H2,1-2H3. The monoisotopic (exact) mass is 275 g/mol. The Hall–Kier alpha value is -1.92. The highest BCUT2D eigenvalue weighted by Gasteiger charge is 2.28. The van der Waals surface area contributed by atoms with Gasteiger partial charge in [-0.05, 0) is 38.1 Å². The Bertz CT molecular complexity index is 542. The molecule has 0 aliphatic carbocycles. The van der Waals surface area contributed by atoms with Crippen LogP contribution in [0.4, 0.5) is 5.69 Å². The Morgan fingerprint density at radius 1 is 1.15 bits per heavy atom. The van der Waals surface area contributed by atoms with E-state index >= 15 is 0 Å². The molecule has 0 amide bonds. The largest absolute Gasteiger partial charge is 0.423 e. The van der Waals surface area contributed by atoms with Crippen LogP contribution in [0.15, 0.2) is 35.1 Å². The number of nitrogens with one attached hydrogen (secondary N) is 1. The topological polar surface area (TPSA) is 69.4 Å². The molecule has 0 unspecified atom stereocenters. The second-order valence-electron chi connectivity index (χ2n) is 5.18. The molecule has 0 bridgehead atoms. The second kappa shape index (κ2) is 5.22. The van der Waals surface area contributed by atoms with Gasteiger partial charge in [0.25, 0.3) is 0 Å². The Morgan fingerprint density at radius 2 is 1.85 bits per heavy atom. The van der Waals surface area contributed by atoms with Crippen molar-refractivity contribution in [3.05, 3.63) is 30.7 Å². The zero-order valence-electron chi connectivity index (χ0n) is 11.5. The maximum absolute atomic E-state index is 5.61. The summed E-state index contributed by atoms with van der Waals surface area (Å²) in [7, 11) is 0. The maximum atomic E-state index is 5.61. The van der Waals surface area contributed by atoms with E-state index in [1.807, 2.05) is 38.1 Å². The summed E-state index contributed by atoms with van der Waals surface area (Å²) in [6, 6.07) is 7.96. The van der Waals surface area contributed by atoms with Crippen molar-refractivity contribution >= 4 is 5.69 Å². The fourth-order valence-corrected chi connectivity index (χ4v) is 2.02. The molecular weight excluding hydrogens is 258 g/mol. The van der Waals surface area contributed by atoms with Gasteiger partial charge in [0.2, 0.25) is 12.3 Å². The minimum atomic E-state index is -0.486. The Morgan fingerprint density at radius 3 is 2.45 bits per heavy atom. The van der Waals surface area contributed by atoms with Crippen LogP contribution in [0.25, 0.3) is 11.5 Å². The lowest BCUT2D eigenvalue weighted by Crippen LogP contribution is -2.45. The van der Waals surface area contributed by atoms with Crippen LogP contribution in [-0.4, -0.2) is 35.2 Å². The van der Waals surface area contributed by atoms with Crippen LogP contribution >= 0.6 is 0 Å². The SMILES string of the molecule is CC1(C)OCC(Nc2ccc(-c3nnco3)cc2)CO1. The lowest BCUT2D eigenvalue weighted by molar-refractivity contribution is -0.247. The van der Waals surface area contributed by atoms with Crippen molar-refractivity contribution in [2.24, 2.45) is 0 Å². The molecule has 0 spiro atoms. The summed E-state index contributed by atoms with van der Waals surface area (Å²) >= 11 is 0. The van der Waals surface area contributed by atoms with Gasteiger partial charge in [-0.3, -0.25) is 0 Å². The van der Waals surface area contributed by atoms with E-state index in [2.05, 4.69) is 15.5 Å². The highest BCUT2D eigenvalue weighted by Crippen LogP contribution is 2.22. The molecule has 0 atom stereocenters. The van der Waals surface area contributed by atoms with Gasteiger partial charge >= 0.3 is 0 Å². The van der Waals surface area contributed by atoms with Crippen LogP contribution in [0, 0.1) is 0 Å². The van der Waals surface area contributed by atoms with E-state index in [0.29, 0.717) is 19.1 Å². The molecule has 1 N–H and O–H groups in total. The highest BCUT2D eigenvalue weighted by atomic mass is 16.7. The number of ether oxygens (including phenoxy) is 2. The molecule has 1 aromatic carbocycles. The Balaban J connectivity index is 1.61. The van der Waals surface area contributed by atoms with Crippen molar-refractivity contribution in [1.82, 2.24) is 10.2 Å². The number of aromatic nitrogens is 2. The van der Waals surface area contributed by atoms with E-state index < -0.39 is 5.79 Å². The summed E-state index contributed by atoms with van der Waals surface area (Å²) in [5.41, 5.74) is 1.90. The van der Waals surface area contributed by atoms with Gasteiger partial charge in [-0.15, -0.1) is 10.2 Å². The van der Waals surface area contributed by atoms with E-state index in [1.54, 1.807) is 0 Å². The molecule has 6 nitrogen and oxygen atoms in total. The normalized spacial score (nSPS) is 18.9.